The van der Waals surface area contributed by atoms with Crippen molar-refractivity contribution in [3.63, 3.8) is 0 Å². The van der Waals surface area contributed by atoms with Crippen molar-refractivity contribution < 1.29 is 9.53 Å². The first-order chi connectivity index (χ1) is 7.26. The van der Waals surface area contributed by atoms with E-state index in [1.807, 2.05) is 38.1 Å². The van der Waals surface area contributed by atoms with E-state index < -0.39 is 0 Å². The predicted octanol–water partition coefficient (Wildman–Crippen LogP) is 1.76. The first kappa shape index (κ1) is 11.6. The second kappa shape index (κ2) is 6.06. The minimum atomic E-state index is 0.0571. The van der Waals surface area contributed by atoms with Gasteiger partial charge in [-0.05, 0) is 31.5 Å². The number of ether oxygens (including phenoxy) is 1. The predicted molar refractivity (Wildman–Crippen MR) is 60.0 cm³/mol. The topological polar surface area (TPSA) is 38.3 Å². The van der Waals surface area contributed by atoms with Crippen LogP contribution in [0.15, 0.2) is 24.3 Å². The first-order valence-corrected chi connectivity index (χ1v) is 5.24. The summed E-state index contributed by atoms with van der Waals surface area (Å²) in [6, 6.07) is 7.61. The molecular weight excluding hydrogens is 190 g/mol. The average molecular weight is 207 g/mol. The first-order valence-electron chi connectivity index (χ1n) is 5.24. The third-order valence-electron chi connectivity index (χ3n) is 1.97. The van der Waals surface area contributed by atoms with Crippen molar-refractivity contribution in [1.82, 2.24) is 5.32 Å². The van der Waals surface area contributed by atoms with Gasteiger partial charge < -0.3 is 10.1 Å². The molecule has 0 aliphatic carbocycles. The van der Waals surface area contributed by atoms with Crippen molar-refractivity contribution in [3.8, 4) is 5.75 Å². The van der Waals surface area contributed by atoms with Crippen LogP contribution in [0.1, 0.15) is 19.4 Å². The molecule has 1 aromatic carbocycles. The fourth-order valence-electron chi connectivity index (χ4n) is 1.32. The van der Waals surface area contributed by atoms with Crippen molar-refractivity contribution >= 4 is 5.91 Å². The van der Waals surface area contributed by atoms with Gasteiger partial charge in [0.05, 0.1) is 13.0 Å². The van der Waals surface area contributed by atoms with Gasteiger partial charge in [0, 0.05) is 6.54 Å². The number of likely N-dealkylation sites (N-methyl/N-ethyl adjacent to an activating group) is 1. The highest BCUT2D eigenvalue weighted by Crippen LogP contribution is 2.12. The zero-order valence-corrected chi connectivity index (χ0v) is 9.25. The molecule has 0 saturated carbocycles. The molecular formula is C12H17NO2. The van der Waals surface area contributed by atoms with Crippen LogP contribution < -0.4 is 10.1 Å². The Labute approximate surface area is 90.4 Å². The molecule has 0 fully saturated rings. The normalized spacial score (nSPS) is 9.73. The van der Waals surface area contributed by atoms with Gasteiger partial charge >= 0.3 is 0 Å². The lowest BCUT2D eigenvalue weighted by Gasteiger charge is -2.05. The Hall–Kier alpha value is -1.51. The number of carbonyl (C=O) groups is 1. The third kappa shape index (κ3) is 4.02. The van der Waals surface area contributed by atoms with Gasteiger partial charge in [0.15, 0.2) is 0 Å². The maximum atomic E-state index is 11.3. The Bertz CT molecular complexity index is 306. The molecule has 0 heterocycles. The number of rotatable bonds is 5. The van der Waals surface area contributed by atoms with Crippen molar-refractivity contribution in [3.05, 3.63) is 29.8 Å². The molecule has 0 aliphatic rings. The minimum absolute atomic E-state index is 0.0571. The molecule has 1 aromatic rings. The second-order valence-corrected chi connectivity index (χ2v) is 3.21. The molecule has 1 N–H and O–H groups in total. The Morgan fingerprint density at radius 1 is 1.27 bits per heavy atom. The summed E-state index contributed by atoms with van der Waals surface area (Å²) >= 11 is 0. The van der Waals surface area contributed by atoms with Crippen LogP contribution in [0.5, 0.6) is 5.75 Å². The van der Waals surface area contributed by atoms with Gasteiger partial charge in [-0.25, -0.2) is 0 Å². The van der Waals surface area contributed by atoms with Crippen LogP contribution in [0.2, 0.25) is 0 Å². The summed E-state index contributed by atoms with van der Waals surface area (Å²) in [5.74, 6) is 0.902. The number of nitrogens with one attached hydrogen (secondary N) is 1. The van der Waals surface area contributed by atoms with E-state index in [1.54, 1.807) is 0 Å². The van der Waals surface area contributed by atoms with Crippen molar-refractivity contribution in [2.24, 2.45) is 0 Å². The Balaban J connectivity index is 2.52. The molecule has 0 aromatic heterocycles. The van der Waals surface area contributed by atoms with Crippen LogP contribution in [0.3, 0.4) is 0 Å². The third-order valence-corrected chi connectivity index (χ3v) is 1.97. The number of hydrogen-bond acceptors (Lipinski definition) is 2. The van der Waals surface area contributed by atoms with E-state index in [2.05, 4.69) is 5.32 Å². The molecule has 82 valence electrons. The molecule has 1 amide bonds. The van der Waals surface area contributed by atoms with Crippen LogP contribution in [-0.2, 0) is 11.2 Å². The van der Waals surface area contributed by atoms with Crippen LogP contribution in [-0.4, -0.2) is 19.1 Å². The fraction of sp³-hybridized carbons (Fsp3) is 0.417. The fourth-order valence-corrected chi connectivity index (χ4v) is 1.32. The average Bonchev–Trinajstić information content (AvgIpc) is 2.22. The Kier molecular flexibility index (Phi) is 4.68. The molecule has 0 radical (unpaired) electrons. The van der Waals surface area contributed by atoms with E-state index in [4.69, 9.17) is 4.74 Å². The number of carbonyl (C=O) groups excluding carboxylic acids is 1. The van der Waals surface area contributed by atoms with Crippen molar-refractivity contribution in [2.75, 3.05) is 13.2 Å². The van der Waals surface area contributed by atoms with E-state index in [1.165, 1.54) is 0 Å². The highest BCUT2D eigenvalue weighted by Gasteiger charge is 2.01. The molecule has 15 heavy (non-hydrogen) atoms. The maximum absolute atomic E-state index is 11.3. The van der Waals surface area contributed by atoms with E-state index in [-0.39, 0.29) is 5.91 Å². The van der Waals surface area contributed by atoms with Gasteiger partial charge in [-0.2, -0.15) is 0 Å². The highest BCUT2D eigenvalue weighted by molar-refractivity contribution is 5.78. The van der Waals surface area contributed by atoms with E-state index in [0.717, 1.165) is 11.3 Å². The Morgan fingerprint density at radius 3 is 2.47 bits per heavy atom. The maximum Gasteiger partial charge on any atom is 0.224 e. The van der Waals surface area contributed by atoms with Gasteiger partial charge in [0.1, 0.15) is 5.75 Å². The second-order valence-electron chi connectivity index (χ2n) is 3.21. The minimum Gasteiger partial charge on any atom is -0.494 e. The number of hydrogen-bond donors (Lipinski definition) is 1. The smallest absolute Gasteiger partial charge is 0.224 e. The molecule has 0 bridgehead atoms. The lowest BCUT2D eigenvalue weighted by Crippen LogP contribution is -2.24. The lowest BCUT2D eigenvalue weighted by atomic mass is 10.1. The lowest BCUT2D eigenvalue weighted by molar-refractivity contribution is -0.120. The van der Waals surface area contributed by atoms with Gasteiger partial charge in [0.25, 0.3) is 0 Å². The standard InChI is InChI=1S/C12H17NO2/c1-3-13-12(14)9-10-5-7-11(8-6-10)15-4-2/h5-8H,3-4,9H2,1-2H3,(H,13,14). The Morgan fingerprint density at radius 2 is 1.93 bits per heavy atom. The summed E-state index contributed by atoms with van der Waals surface area (Å²) < 4.78 is 5.31. The van der Waals surface area contributed by atoms with Gasteiger partial charge in [0.2, 0.25) is 5.91 Å². The summed E-state index contributed by atoms with van der Waals surface area (Å²) in [5.41, 5.74) is 1.00. The molecule has 3 heteroatoms. The molecule has 0 spiro atoms. The monoisotopic (exact) mass is 207 g/mol. The molecule has 0 saturated heterocycles. The molecule has 0 unspecified atom stereocenters. The summed E-state index contributed by atoms with van der Waals surface area (Å²) in [7, 11) is 0. The van der Waals surface area contributed by atoms with Crippen molar-refractivity contribution in [2.45, 2.75) is 20.3 Å². The molecule has 1 rings (SSSR count). The van der Waals surface area contributed by atoms with Gasteiger partial charge in [-0.15, -0.1) is 0 Å². The summed E-state index contributed by atoms with van der Waals surface area (Å²) in [6.07, 6.45) is 0.431. The van der Waals surface area contributed by atoms with Crippen LogP contribution in [0.25, 0.3) is 0 Å². The molecule has 0 atom stereocenters. The summed E-state index contributed by atoms with van der Waals surface area (Å²) in [4.78, 5) is 11.3. The summed E-state index contributed by atoms with van der Waals surface area (Å²) in [5, 5.41) is 2.76. The van der Waals surface area contributed by atoms with Crippen LogP contribution >= 0.6 is 0 Å². The zero-order valence-electron chi connectivity index (χ0n) is 9.25. The van der Waals surface area contributed by atoms with Crippen LogP contribution in [0.4, 0.5) is 0 Å². The van der Waals surface area contributed by atoms with E-state index in [9.17, 15) is 4.79 Å². The molecule has 0 aliphatic heterocycles. The molecule has 3 nitrogen and oxygen atoms in total. The summed E-state index contributed by atoms with van der Waals surface area (Å²) in [6.45, 7) is 5.20. The number of amides is 1. The number of benzene rings is 1. The van der Waals surface area contributed by atoms with Gasteiger partial charge in [-0.1, -0.05) is 12.1 Å². The van der Waals surface area contributed by atoms with E-state index >= 15 is 0 Å². The van der Waals surface area contributed by atoms with Crippen LogP contribution in [0, 0.1) is 0 Å². The van der Waals surface area contributed by atoms with Crippen molar-refractivity contribution in [1.29, 1.82) is 0 Å². The zero-order chi connectivity index (χ0) is 11.1. The quantitative estimate of drug-likeness (QED) is 0.799. The van der Waals surface area contributed by atoms with Gasteiger partial charge in [-0.3, -0.25) is 4.79 Å². The SMILES string of the molecule is CCNC(=O)Cc1ccc(OCC)cc1. The largest absolute Gasteiger partial charge is 0.494 e. The van der Waals surface area contributed by atoms with E-state index in [0.29, 0.717) is 19.6 Å². The highest BCUT2D eigenvalue weighted by atomic mass is 16.5.